The summed E-state index contributed by atoms with van der Waals surface area (Å²) in [6.45, 7) is 13.3. The van der Waals surface area contributed by atoms with E-state index < -0.39 is 11.6 Å². The van der Waals surface area contributed by atoms with Crippen molar-refractivity contribution < 1.29 is 14.7 Å². The molecule has 2 amide bonds. The van der Waals surface area contributed by atoms with Gasteiger partial charge in [0, 0.05) is 25.0 Å². The molecule has 0 fully saturated rings. The fourth-order valence-corrected chi connectivity index (χ4v) is 1.66. The van der Waals surface area contributed by atoms with Gasteiger partial charge in [-0.15, -0.1) is 0 Å². The van der Waals surface area contributed by atoms with Gasteiger partial charge in [-0.3, -0.25) is 14.9 Å². The third-order valence-corrected chi connectivity index (χ3v) is 3.31. The quantitative estimate of drug-likeness (QED) is 0.247. The second-order valence-electron chi connectivity index (χ2n) is 4.76. The summed E-state index contributed by atoms with van der Waals surface area (Å²) in [7, 11) is 0. The number of carbonyl (C=O) groups is 2. The van der Waals surface area contributed by atoms with E-state index in [9.17, 15) is 14.7 Å². The molecule has 1 atom stereocenters. The average molecular weight is 295 g/mol. The molecule has 0 aliphatic rings. The number of amides is 2. The molecule has 0 saturated carbocycles. The zero-order valence-corrected chi connectivity index (χ0v) is 12.5. The maximum atomic E-state index is 11.3. The molecule has 0 aliphatic carbocycles. The first-order valence-electron chi connectivity index (χ1n) is 6.77. The molecule has 0 saturated heterocycles. The van der Waals surface area contributed by atoms with Crippen LogP contribution in [0.25, 0.3) is 0 Å². The van der Waals surface area contributed by atoms with Crippen molar-refractivity contribution in [3.8, 4) is 0 Å². The van der Waals surface area contributed by atoms with Gasteiger partial charge in [0.1, 0.15) is 6.23 Å². The third kappa shape index (κ3) is 7.43. The molecule has 6 heteroatoms. The molecule has 4 N–H and O–H groups in total. The van der Waals surface area contributed by atoms with Crippen molar-refractivity contribution in [2.45, 2.75) is 19.6 Å². The van der Waals surface area contributed by atoms with Crippen LogP contribution >= 0.6 is 0 Å². The molecule has 1 unspecified atom stereocenters. The van der Waals surface area contributed by atoms with Gasteiger partial charge in [-0.2, -0.15) is 0 Å². The molecule has 0 bridgehead atoms. The lowest BCUT2D eigenvalue weighted by Gasteiger charge is -2.34. The summed E-state index contributed by atoms with van der Waals surface area (Å²) in [5.74, 6) is -0.570. The van der Waals surface area contributed by atoms with Crippen LogP contribution in [-0.2, 0) is 9.59 Å². The molecule has 0 rings (SSSR count). The molecule has 0 radical (unpaired) electrons. The van der Waals surface area contributed by atoms with Gasteiger partial charge in [0.2, 0.25) is 11.8 Å². The van der Waals surface area contributed by atoms with E-state index in [1.54, 1.807) is 0 Å². The van der Waals surface area contributed by atoms with E-state index >= 15 is 0 Å². The molecule has 0 aromatic rings. The van der Waals surface area contributed by atoms with Crippen LogP contribution in [0.3, 0.4) is 0 Å². The van der Waals surface area contributed by atoms with Crippen LogP contribution < -0.4 is 16.0 Å². The van der Waals surface area contributed by atoms with Crippen LogP contribution in [0.5, 0.6) is 0 Å². The van der Waals surface area contributed by atoms with E-state index in [-0.39, 0.29) is 11.8 Å². The first kappa shape index (κ1) is 19.1. The van der Waals surface area contributed by atoms with Gasteiger partial charge < -0.3 is 15.7 Å². The Morgan fingerprint density at radius 3 is 1.90 bits per heavy atom. The van der Waals surface area contributed by atoms with Gasteiger partial charge in [0.05, 0.1) is 0 Å². The number of nitrogens with one attached hydrogen (secondary N) is 3. The van der Waals surface area contributed by atoms with E-state index in [0.29, 0.717) is 26.1 Å². The van der Waals surface area contributed by atoms with E-state index in [4.69, 9.17) is 0 Å². The van der Waals surface area contributed by atoms with E-state index in [2.05, 4.69) is 35.7 Å². The molecule has 0 spiro atoms. The number of aliphatic hydroxyl groups is 1. The van der Waals surface area contributed by atoms with Crippen LogP contribution in [0.15, 0.2) is 38.0 Å². The van der Waals surface area contributed by atoms with E-state index in [1.165, 1.54) is 18.2 Å². The molecular weight excluding hydrogens is 270 g/mol. The number of hydrogen-bond acceptors (Lipinski definition) is 4. The van der Waals surface area contributed by atoms with Gasteiger partial charge in [-0.25, -0.2) is 0 Å². The Labute approximate surface area is 126 Å². The first-order valence-corrected chi connectivity index (χ1v) is 6.77. The average Bonchev–Trinajstić information content (AvgIpc) is 2.53. The van der Waals surface area contributed by atoms with Crippen molar-refractivity contribution in [2.24, 2.45) is 5.41 Å². The predicted molar refractivity (Wildman–Crippen MR) is 83.3 cm³/mol. The minimum absolute atomic E-state index is 0.285. The van der Waals surface area contributed by atoms with Gasteiger partial charge in [0.15, 0.2) is 0 Å². The normalized spacial score (nSPS) is 12.1. The summed E-state index contributed by atoms with van der Waals surface area (Å²) in [6.07, 6.45) is 3.58. The highest BCUT2D eigenvalue weighted by Gasteiger charge is 2.29. The summed E-state index contributed by atoms with van der Waals surface area (Å²) in [6, 6.07) is 0. The van der Waals surface area contributed by atoms with Crippen LogP contribution in [0.1, 0.15) is 13.3 Å². The number of aliphatic hydroxyl groups excluding tert-OH is 1. The summed E-state index contributed by atoms with van der Waals surface area (Å²) < 4.78 is 0. The van der Waals surface area contributed by atoms with Crippen LogP contribution in [0, 0.1) is 5.41 Å². The third-order valence-electron chi connectivity index (χ3n) is 3.31. The lowest BCUT2D eigenvalue weighted by molar-refractivity contribution is -0.117. The lowest BCUT2D eigenvalue weighted by atomic mass is 9.84. The molecule has 118 valence electrons. The Morgan fingerprint density at radius 2 is 1.57 bits per heavy atom. The minimum Gasteiger partial charge on any atom is -0.375 e. The van der Waals surface area contributed by atoms with Crippen molar-refractivity contribution in [3.05, 3.63) is 38.0 Å². The molecule has 21 heavy (non-hydrogen) atoms. The van der Waals surface area contributed by atoms with Crippen LogP contribution in [0.4, 0.5) is 0 Å². The Balaban J connectivity index is 4.83. The monoisotopic (exact) mass is 295 g/mol. The van der Waals surface area contributed by atoms with Crippen molar-refractivity contribution >= 4 is 11.8 Å². The fourth-order valence-electron chi connectivity index (χ4n) is 1.66. The highest BCUT2D eigenvalue weighted by Crippen LogP contribution is 2.19. The zero-order valence-electron chi connectivity index (χ0n) is 12.5. The van der Waals surface area contributed by atoms with Gasteiger partial charge in [-0.1, -0.05) is 26.7 Å². The summed E-state index contributed by atoms with van der Waals surface area (Å²) in [5.41, 5.74) is -0.443. The van der Waals surface area contributed by atoms with Crippen LogP contribution in [-0.4, -0.2) is 42.8 Å². The zero-order chi connectivity index (χ0) is 16.3. The first-order chi connectivity index (χ1) is 9.92. The van der Waals surface area contributed by atoms with Crippen molar-refractivity contribution in [3.63, 3.8) is 0 Å². The number of carbonyl (C=O) groups excluding carboxylic acids is 2. The van der Waals surface area contributed by atoms with Gasteiger partial charge >= 0.3 is 0 Å². The highest BCUT2D eigenvalue weighted by molar-refractivity contribution is 5.87. The maximum Gasteiger partial charge on any atom is 0.243 e. The molecular formula is C15H25N3O3. The van der Waals surface area contributed by atoms with Crippen molar-refractivity contribution in [1.29, 1.82) is 0 Å². The number of rotatable bonds is 11. The summed E-state index contributed by atoms with van der Waals surface area (Å²) >= 11 is 0. The summed E-state index contributed by atoms with van der Waals surface area (Å²) in [4.78, 5) is 22.7. The van der Waals surface area contributed by atoms with Gasteiger partial charge in [0.25, 0.3) is 0 Å². The largest absolute Gasteiger partial charge is 0.375 e. The standard InChI is InChI=1S/C15H25N3O3/c1-5-12(19)16-9-15(8-4,10-17-13(20)6-2)11-18-14(21)7-3/h5-7,12,16,19H,1-3,8-11H2,4H3,(H,17,20)(H,18,21). The molecule has 0 heterocycles. The van der Waals surface area contributed by atoms with Crippen molar-refractivity contribution in [1.82, 2.24) is 16.0 Å². The second-order valence-corrected chi connectivity index (χ2v) is 4.76. The predicted octanol–water partition coefficient (Wildman–Crippen LogP) is 0.0812. The SMILES string of the molecule is C=CC(=O)NCC(CC)(CNC(=O)C=C)CNC(O)C=C. The Kier molecular flexibility index (Phi) is 9.00. The summed E-state index contributed by atoms with van der Waals surface area (Å²) in [5, 5.41) is 17.9. The lowest BCUT2D eigenvalue weighted by Crippen LogP contribution is -2.51. The topological polar surface area (TPSA) is 90.5 Å². The van der Waals surface area contributed by atoms with Crippen LogP contribution in [0.2, 0.25) is 0 Å². The smallest absolute Gasteiger partial charge is 0.243 e. The molecule has 0 aliphatic heterocycles. The number of hydrogen-bond donors (Lipinski definition) is 4. The van der Waals surface area contributed by atoms with E-state index in [1.807, 2.05) is 6.92 Å². The molecule has 6 nitrogen and oxygen atoms in total. The van der Waals surface area contributed by atoms with Crippen molar-refractivity contribution in [2.75, 3.05) is 19.6 Å². The molecule has 0 aromatic heterocycles. The van der Waals surface area contributed by atoms with Gasteiger partial charge in [-0.05, 0) is 24.6 Å². The molecule has 0 aromatic carbocycles. The van der Waals surface area contributed by atoms with E-state index in [0.717, 1.165) is 0 Å². The minimum atomic E-state index is -0.846. The fraction of sp³-hybridized carbons (Fsp3) is 0.467. The maximum absolute atomic E-state index is 11.3. The Hall–Kier alpha value is -1.92. The Bertz CT molecular complexity index is 370. The highest BCUT2D eigenvalue weighted by atomic mass is 16.3. The Morgan fingerprint density at radius 1 is 1.10 bits per heavy atom. The second kappa shape index (κ2) is 9.90.